The summed E-state index contributed by atoms with van der Waals surface area (Å²) in [6.07, 6.45) is 28.1. The molecule has 2 nitrogen and oxygen atoms in total. The molecule has 0 aromatic carbocycles. The summed E-state index contributed by atoms with van der Waals surface area (Å²) >= 11 is 0. The maximum atomic E-state index is 5.84. The van der Waals surface area contributed by atoms with Crippen molar-refractivity contribution in [3.8, 4) is 0 Å². The van der Waals surface area contributed by atoms with Crippen molar-refractivity contribution in [2.75, 3.05) is 0 Å². The van der Waals surface area contributed by atoms with Crippen LogP contribution in [0.4, 0.5) is 0 Å². The van der Waals surface area contributed by atoms with E-state index in [0.717, 1.165) is 28.7 Å². The molecule has 0 aliphatic heterocycles. The second kappa shape index (κ2) is 44.3. The molecule has 0 saturated heterocycles. The molecular formula is C64H120N2. The first-order valence-electron chi connectivity index (χ1n) is 26.0. The Morgan fingerprint density at radius 1 is 0.818 bits per heavy atom. The summed E-state index contributed by atoms with van der Waals surface area (Å²) in [5.74, 6) is 2.95. The third-order valence-corrected chi connectivity index (χ3v) is 11.2. The number of rotatable bonds is 16. The predicted octanol–water partition coefficient (Wildman–Crippen LogP) is 21.4. The molecule has 3 N–H and O–H groups in total. The molecule has 386 valence electrons. The van der Waals surface area contributed by atoms with Crippen molar-refractivity contribution in [1.82, 2.24) is 5.32 Å². The topological polar surface area (TPSA) is 38.0 Å². The maximum Gasteiger partial charge on any atom is 0.0513 e. The molecule has 0 bridgehead atoms. The number of allylic oxidation sites excluding steroid dienone is 8. The molecule has 4 atom stereocenters. The smallest absolute Gasteiger partial charge is 0.0513 e. The average Bonchev–Trinajstić information content (AvgIpc) is 4.04. The monoisotopic (exact) mass is 917 g/mol. The lowest BCUT2D eigenvalue weighted by molar-refractivity contribution is 0.255. The molecular weight excluding hydrogens is 797 g/mol. The van der Waals surface area contributed by atoms with Gasteiger partial charge in [-0.15, -0.1) is 32.0 Å². The van der Waals surface area contributed by atoms with Crippen LogP contribution in [0.15, 0.2) is 129 Å². The molecule has 1 saturated carbocycles. The molecule has 3 rings (SSSR count). The highest BCUT2D eigenvalue weighted by Crippen LogP contribution is 2.42. The summed E-state index contributed by atoms with van der Waals surface area (Å²) in [5.41, 5.74) is 18.0. The van der Waals surface area contributed by atoms with E-state index in [1.54, 1.807) is 17.2 Å². The average molecular weight is 918 g/mol. The van der Waals surface area contributed by atoms with E-state index in [-0.39, 0.29) is 5.41 Å². The van der Waals surface area contributed by atoms with Crippen LogP contribution in [0.5, 0.6) is 0 Å². The second-order valence-corrected chi connectivity index (χ2v) is 22.4. The summed E-state index contributed by atoms with van der Waals surface area (Å²) in [4.78, 5) is 0. The summed E-state index contributed by atoms with van der Waals surface area (Å²) in [6, 6.07) is 0.315. The first-order chi connectivity index (χ1) is 30.4. The van der Waals surface area contributed by atoms with Crippen LogP contribution in [-0.2, 0) is 0 Å². The highest BCUT2D eigenvalue weighted by atomic mass is 14.9. The molecule has 0 aromatic rings. The van der Waals surface area contributed by atoms with E-state index in [4.69, 9.17) is 5.73 Å². The molecule has 0 amide bonds. The molecule has 66 heavy (non-hydrogen) atoms. The first-order valence-corrected chi connectivity index (χ1v) is 26.0. The van der Waals surface area contributed by atoms with Gasteiger partial charge in [0.15, 0.2) is 0 Å². The number of nitrogens with two attached hydrogens (primary N) is 1. The van der Waals surface area contributed by atoms with Gasteiger partial charge in [0.2, 0.25) is 0 Å². The van der Waals surface area contributed by atoms with Crippen molar-refractivity contribution in [2.24, 2.45) is 45.7 Å². The van der Waals surface area contributed by atoms with Crippen LogP contribution >= 0.6 is 0 Å². The zero-order valence-corrected chi connectivity index (χ0v) is 48.6. The number of nitrogens with one attached hydrogen (secondary N) is 1. The Balaban J connectivity index is -0.000000165. The van der Waals surface area contributed by atoms with Crippen LogP contribution < -0.4 is 11.1 Å². The zero-order valence-electron chi connectivity index (χ0n) is 48.6. The van der Waals surface area contributed by atoms with Gasteiger partial charge in [-0.1, -0.05) is 210 Å². The molecule has 1 fully saturated rings. The third-order valence-electron chi connectivity index (χ3n) is 11.2. The van der Waals surface area contributed by atoms with Crippen molar-refractivity contribution >= 4 is 0 Å². The lowest BCUT2D eigenvalue weighted by Crippen LogP contribution is -2.39. The molecule has 0 spiro atoms. The Bertz CT molecular complexity index is 1350. The van der Waals surface area contributed by atoms with Crippen LogP contribution in [-0.4, -0.2) is 6.04 Å². The van der Waals surface area contributed by atoms with Crippen LogP contribution in [0.1, 0.15) is 234 Å². The predicted molar refractivity (Wildman–Crippen MR) is 312 cm³/mol. The molecule has 4 unspecified atom stereocenters. The molecule has 0 heterocycles. The van der Waals surface area contributed by atoms with E-state index in [1.807, 2.05) is 34.6 Å². The SMILES string of the molecule is C1=CC2=C(CC1)CCCC2.C=C.C=C(C)C.C=C(C)NC(C(=C)C)C(C)(C)C.C=C(N)C(=C)C(CC1CC1)C(C)CC(C)CC.C=C=C.C=CC.CC(C)(C)C.CCCC(C)(CC)CCC. The standard InChI is InChI=1S/C16H29N.C11H21N.C10H14.C10H22.C5H12.C4H8.C3H6.C3H4.C2H4/c1-6-11(2)9-12(3)16(10-15-7-8-15)13(4)14(5)17;1-8(2)10(11(5,6)7)12-9(3)4;1-2-6-10-8-4-3-7-9(10)5-1;1-5-8-10(4,7-3)9-6-2;1-5(2,3)4;1-4(2)3;2*1-3-2;1-2/h11-12,15-16H,4-10,17H2,1-3H3;10,12H,1,3H2,2,4-7H3;1,5H,2-4,6-8H2;5-9H2,1-4H3;1-4H3;1H2,2-3H3;3H,1H2,2H3;1-2H2;1-2H2. The van der Waals surface area contributed by atoms with Gasteiger partial charge >= 0.3 is 0 Å². The molecule has 0 radical (unpaired) electrons. The van der Waals surface area contributed by atoms with E-state index in [1.165, 1.54) is 108 Å². The Morgan fingerprint density at radius 3 is 1.53 bits per heavy atom. The van der Waals surface area contributed by atoms with Crippen LogP contribution in [0, 0.1) is 39.9 Å². The molecule has 2 heteroatoms. The first kappa shape index (κ1) is 74.3. The normalized spacial score (nSPS) is 15.1. The van der Waals surface area contributed by atoms with E-state index in [9.17, 15) is 0 Å². The summed E-state index contributed by atoms with van der Waals surface area (Å²) in [5, 5.41) is 3.33. The lowest BCUT2D eigenvalue weighted by Gasteiger charge is -2.32. The maximum absolute atomic E-state index is 5.84. The largest absolute Gasteiger partial charge is 0.399 e. The van der Waals surface area contributed by atoms with Gasteiger partial charge < -0.3 is 11.1 Å². The summed E-state index contributed by atoms with van der Waals surface area (Å²) in [7, 11) is 0. The van der Waals surface area contributed by atoms with Crippen molar-refractivity contribution in [1.29, 1.82) is 0 Å². The molecule has 0 aromatic heterocycles. The van der Waals surface area contributed by atoms with Gasteiger partial charge in [-0.25, -0.2) is 0 Å². The number of hydrogen-bond acceptors (Lipinski definition) is 2. The fourth-order valence-electron chi connectivity index (χ4n) is 7.61. The minimum absolute atomic E-state index is 0.199. The number of hydrogen-bond donors (Lipinski definition) is 2. The van der Waals surface area contributed by atoms with Crippen molar-refractivity contribution in [3.63, 3.8) is 0 Å². The minimum atomic E-state index is 0.199. The van der Waals surface area contributed by atoms with Gasteiger partial charge in [-0.2, -0.15) is 0 Å². The van der Waals surface area contributed by atoms with E-state index in [2.05, 4.69) is 186 Å². The van der Waals surface area contributed by atoms with Crippen molar-refractivity contribution < 1.29 is 0 Å². The van der Waals surface area contributed by atoms with Crippen LogP contribution in [0.2, 0.25) is 0 Å². The highest BCUT2D eigenvalue weighted by molar-refractivity contribution is 5.31. The van der Waals surface area contributed by atoms with Crippen LogP contribution in [0.3, 0.4) is 0 Å². The van der Waals surface area contributed by atoms with Gasteiger partial charge in [0.25, 0.3) is 0 Å². The third kappa shape index (κ3) is 51.8. The fourth-order valence-corrected chi connectivity index (χ4v) is 7.61. The Labute approximate surface area is 418 Å². The molecule has 3 aliphatic rings. The Hall–Kier alpha value is -3.22. The fraction of sp³-hybridized carbons (Fsp3) is 0.672. The van der Waals surface area contributed by atoms with Gasteiger partial charge in [-0.05, 0) is 150 Å². The summed E-state index contributed by atoms with van der Waals surface area (Å²) < 4.78 is 0. The van der Waals surface area contributed by atoms with Gasteiger partial charge in [0, 0.05) is 11.4 Å². The quantitative estimate of drug-likeness (QED) is 0.0920. The van der Waals surface area contributed by atoms with E-state index in [0.29, 0.717) is 34.4 Å². The van der Waals surface area contributed by atoms with Gasteiger partial charge in [0.1, 0.15) is 0 Å². The molecule has 3 aliphatic carbocycles. The van der Waals surface area contributed by atoms with Gasteiger partial charge in [-0.3, -0.25) is 0 Å². The minimum Gasteiger partial charge on any atom is -0.399 e. The Kier molecular flexibility index (Phi) is 49.9. The van der Waals surface area contributed by atoms with E-state index < -0.39 is 0 Å². The van der Waals surface area contributed by atoms with Gasteiger partial charge in [0.05, 0.1) is 6.04 Å². The second-order valence-electron chi connectivity index (χ2n) is 22.4. The van der Waals surface area contributed by atoms with Crippen molar-refractivity contribution in [2.45, 2.75) is 240 Å². The van der Waals surface area contributed by atoms with Crippen LogP contribution in [0.25, 0.3) is 0 Å². The lowest BCUT2D eigenvalue weighted by atomic mass is 9.78. The van der Waals surface area contributed by atoms with Crippen molar-refractivity contribution in [3.05, 3.63) is 129 Å². The summed E-state index contributed by atoms with van der Waals surface area (Å²) in [6.45, 7) is 76.5. The van der Waals surface area contributed by atoms with E-state index >= 15 is 0 Å². The zero-order chi connectivity index (χ0) is 53.3. The highest BCUT2D eigenvalue weighted by Gasteiger charge is 2.30. The Morgan fingerprint density at radius 2 is 1.24 bits per heavy atom.